The molecule has 1 fully saturated rings. The summed E-state index contributed by atoms with van der Waals surface area (Å²) in [5.74, 6) is 0.841. The van der Waals surface area contributed by atoms with Crippen LogP contribution >= 0.6 is 11.6 Å². The molecule has 1 aromatic carbocycles. The van der Waals surface area contributed by atoms with Crippen LogP contribution in [0.2, 0.25) is 5.02 Å². The summed E-state index contributed by atoms with van der Waals surface area (Å²) in [5, 5.41) is 0.517. The molecule has 0 spiro atoms. The maximum absolute atomic E-state index is 13.9. The lowest BCUT2D eigenvalue weighted by Gasteiger charge is -2.35. The van der Waals surface area contributed by atoms with Crippen LogP contribution in [0.1, 0.15) is 11.4 Å². The minimum absolute atomic E-state index is 0.212. The molecular formula is C17H22ClFN4. The van der Waals surface area contributed by atoms with E-state index in [2.05, 4.69) is 19.4 Å². The lowest BCUT2D eigenvalue weighted by atomic mass is 10.2. The molecule has 1 aliphatic heterocycles. The smallest absolute Gasteiger partial charge is 0.129 e. The maximum Gasteiger partial charge on any atom is 0.129 e. The van der Waals surface area contributed by atoms with Crippen LogP contribution in [0.25, 0.3) is 0 Å². The van der Waals surface area contributed by atoms with Crippen molar-refractivity contribution in [3.8, 4) is 0 Å². The highest BCUT2D eigenvalue weighted by molar-refractivity contribution is 6.31. The number of rotatable bonds is 5. The molecule has 1 saturated heterocycles. The molecule has 3 rings (SSSR count). The number of piperazine rings is 1. The zero-order chi connectivity index (χ0) is 16.2. The summed E-state index contributed by atoms with van der Waals surface area (Å²) in [6.07, 6.45) is 3.86. The van der Waals surface area contributed by atoms with Gasteiger partial charge in [0, 0.05) is 68.8 Å². The molecule has 1 aliphatic rings. The van der Waals surface area contributed by atoms with E-state index in [9.17, 15) is 4.39 Å². The first-order chi connectivity index (χ1) is 11.1. The van der Waals surface area contributed by atoms with Crippen molar-refractivity contribution in [1.82, 2.24) is 19.4 Å². The van der Waals surface area contributed by atoms with Crippen LogP contribution in [-0.4, -0.2) is 52.1 Å². The van der Waals surface area contributed by atoms with Gasteiger partial charge in [0.2, 0.25) is 0 Å². The van der Waals surface area contributed by atoms with E-state index in [1.54, 1.807) is 12.1 Å². The minimum atomic E-state index is -0.212. The third-order valence-electron chi connectivity index (χ3n) is 4.49. The Morgan fingerprint density at radius 2 is 1.87 bits per heavy atom. The van der Waals surface area contributed by atoms with E-state index in [0.717, 1.165) is 45.1 Å². The average molecular weight is 337 g/mol. The zero-order valence-corrected chi connectivity index (χ0v) is 14.1. The molecule has 4 nitrogen and oxygen atoms in total. The van der Waals surface area contributed by atoms with E-state index in [4.69, 9.17) is 11.6 Å². The van der Waals surface area contributed by atoms with E-state index in [1.165, 1.54) is 6.07 Å². The zero-order valence-electron chi connectivity index (χ0n) is 13.4. The normalized spacial score (nSPS) is 16.8. The van der Waals surface area contributed by atoms with Gasteiger partial charge in [-0.15, -0.1) is 0 Å². The fourth-order valence-corrected chi connectivity index (χ4v) is 3.19. The number of aromatic nitrogens is 2. The summed E-state index contributed by atoms with van der Waals surface area (Å²) < 4.78 is 16.0. The van der Waals surface area contributed by atoms with Gasteiger partial charge < -0.3 is 4.57 Å². The minimum Gasteiger partial charge on any atom is -0.334 e. The summed E-state index contributed by atoms with van der Waals surface area (Å²) in [5.41, 5.74) is 0.608. The molecule has 1 aromatic heterocycles. The van der Waals surface area contributed by atoms with Crippen molar-refractivity contribution in [3.63, 3.8) is 0 Å². The fourth-order valence-electron chi connectivity index (χ4n) is 2.97. The van der Waals surface area contributed by atoms with Gasteiger partial charge >= 0.3 is 0 Å². The lowest BCUT2D eigenvalue weighted by Crippen LogP contribution is -2.46. The third kappa shape index (κ3) is 4.10. The van der Waals surface area contributed by atoms with Crippen LogP contribution in [-0.2, 0) is 13.1 Å². The van der Waals surface area contributed by atoms with Gasteiger partial charge in [-0.2, -0.15) is 0 Å². The van der Waals surface area contributed by atoms with Gasteiger partial charge in [0.05, 0.1) is 0 Å². The van der Waals surface area contributed by atoms with Crippen LogP contribution in [0.15, 0.2) is 30.6 Å². The predicted octanol–water partition coefficient (Wildman–Crippen LogP) is 2.80. The maximum atomic E-state index is 13.9. The van der Waals surface area contributed by atoms with E-state index in [-0.39, 0.29) is 5.82 Å². The molecule has 0 N–H and O–H groups in total. The van der Waals surface area contributed by atoms with Gasteiger partial charge in [0.15, 0.2) is 0 Å². The molecule has 2 heterocycles. The summed E-state index contributed by atoms with van der Waals surface area (Å²) in [7, 11) is 0. The van der Waals surface area contributed by atoms with E-state index >= 15 is 0 Å². The highest BCUT2D eigenvalue weighted by Crippen LogP contribution is 2.21. The van der Waals surface area contributed by atoms with Gasteiger partial charge in [-0.3, -0.25) is 9.80 Å². The van der Waals surface area contributed by atoms with Crippen molar-refractivity contribution in [2.45, 2.75) is 20.0 Å². The fraction of sp³-hybridized carbons (Fsp3) is 0.471. The van der Waals surface area contributed by atoms with Crippen LogP contribution in [0, 0.1) is 12.7 Å². The molecule has 0 radical (unpaired) electrons. The highest BCUT2D eigenvalue weighted by Gasteiger charge is 2.19. The Morgan fingerprint density at radius 3 is 2.52 bits per heavy atom. The molecule has 2 aromatic rings. The standard InChI is InChI=1S/C17H22ClFN4/c1-14-20-5-6-23(14)12-11-21-7-9-22(10-8-21)13-15-16(18)3-2-4-17(15)19/h2-6H,7-13H2,1H3. The van der Waals surface area contributed by atoms with Crippen molar-refractivity contribution in [2.24, 2.45) is 0 Å². The Balaban J connectivity index is 1.48. The number of nitrogens with zero attached hydrogens (tertiary/aromatic N) is 4. The molecule has 0 atom stereocenters. The number of hydrogen-bond acceptors (Lipinski definition) is 3. The topological polar surface area (TPSA) is 24.3 Å². The van der Waals surface area contributed by atoms with Gasteiger partial charge in [-0.1, -0.05) is 17.7 Å². The molecule has 6 heteroatoms. The third-order valence-corrected chi connectivity index (χ3v) is 4.84. The Kier molecular flexibility index (Phi) is 5.30. The van der Waals surface area contributed by atoms with Crippen LogP contribution in [0.3, 0.4) is 0 Å². The molecule has 0 aliphatic carbocycles. The average Bonchev–Trinajstić information content (AvgIpc) is 2.95. The summed E-state index contributed by atoms with van der Waals surface area (Å²) in [6.45, 7) is 8.47. The summed E-state index contributed by atoms with van der Waals surface area (Å²) >= 11 is 6.11. The highest BCUT2D eigenvalue weighted by atomic mass is 35.5. The quantitative estimate of drug-likeness (QED) is 0.839. The van der Waals surface area contributed by atoms with Crippen molar-refractivity contribution in [1.29, 1.82) is 0 Å². The van der Waals surface area contributed by atoms with E-state index < -0.39 is 0 Å². The number of aryl methyl sites for hydroxylation is 1. The Morgan fingerprint density at radius 1 is 1.13 bits per heavy atom. The Bertz CT molecular complexity index is 630. The number of halogens is 2. The number of benzene rings is 1. The molecular weight excluding hydrogens is 315 g/mol. The number of hydrogen-bond donors (Lipinski definition) is 0. The second-order valence-corrected chi connectivity index (χ2v) is 6.39. The second kappa shape index (κ2) is 7.43. The molecule has 23 heavy (non-hydrogen) atoms. The lowest BCUT2D eigenvalue weighted by molar-refractivity contribution is 0.123. The number of imidazole rings is 1. The predicted molar refractivity (Wildman–Crippen MR) is 90.1 cm³/mol. The van der Waals surface area contributed by atoms with Crippen LogP contribution in [0.5, 0.6) is 0 Å². The SMILES string of the molecule is Cc1nccn1CCN1CCN(Cc2c(F)cccc2Cl)CC1. The molecule has 0 amide bonds. The summed E-state index contributed by atoms with van der Waals surface area (Å²) in [4.78, 5) is 8.95. The molecule has 0 bridgehead atoms. The van der Waals surface area contributed by atoms with Crippen LogP contribution in [0.4, 0.5) is 4.39 Å². The van der Waals surface area contributed by atoms with E-state index in [1.807, 2.05) is 19.3 Å². The first kappa shape index (κ1) is 16.4. The van der Waals surface area contributed by atoms with Gasteiger partial charge in [0.25, 0.3) is 0 Å². The first-order valence-electron chi connectivity index (χ1n) is 7.99. The van der Waals surface area contributed by atoms with Crippen molar-refractivity contribution in [3.05, 3.63) is 52.8 Å². The molecule has 0 unspecified atom stereocenters. The van der Waals surface area contributed by atoms with Crippen molar-refractivity contribution in [2.75, 3.05) is 32.7 Å². The van der Waals surface area contributed by atoms with Crippen molar-refractivity contribution < 1.29 is 4.39 Å². The monoisotopic (exact) mass is 336 g/mol. The first-order valence-corrected chi connectivity index (χ1v) is 8.36. The second-order valence-electron chi connectivity index (χ2n) is 5.99. The molecule has 0 saturated carbocycles. The molecule has 124 valence electrons. The van der Waals surface area contributed by atoms with E-state index in [0.29, 0.717) is 17.1 Å². The summed E-state index contributed by atoms with van der Waals surface area (Å²) in [6, 6.07) is 4.88. The Hall–Kier alpha value is -1.43. The van der Waals surface area contributed by atoms with Crippen molar-refractivity contribution >= 4 is 11.6 Å². The van der Waals surface area contributed by atoms with Gasteiger partial charge in [-0.05, 0) is 19.1 Å². The Labute approximate surface area is 141 Å². The van der Waals surface area contributed by atoms with Gasteiger partial charge in [-0.25, -0.2) is 9.37 Å². The largest absolute Gasteiger partial charge is 0.334 e. The van der Waals surface area contributed by atoms with Gasteiger partial charge in [0.1, 0.15) is 11.6 Å². The van der Waals surface area contributed by atoms with Crippen LogP contribution < -0.4 is 0 Å².